The van der Waals surface area contributed by atoms with E-state index in [1.54, 1.807) is 7.05 Å². The number of methoxy groups -OCH3 is 2. The number of thiazole rings is 1. The zero-order valence-corrected chi connectivity index (χ0v) is 17.9. The average Bonchev–Trinajstić information content (AvgIpc) is 3.19. The van der Waals surface area contributed by atoms with E-state index in [1.807, 2.05) is 5.38 Å². The summed E-state index contributed by atoms with van der Waals surface area (Å²) in [6, 6.07) is 2.53. The fourth-order valence-corrected chi connectivity index (χ4v) is 3.98. The van der Waals surface area contributed by atoms with Gasteiger partial charge in [-0.3, -0.25) is 19.8 Å². The molecular weight excluding hydrogens is 412 g/mol. The molecule has 0 unspecified atom stereocenters. The SMILES string of the molecule is COc1cc(C(=O)N(C)Cc2csc(CN3CCOCC3)n2)c([N+](=O)[O-])cc1OC. The fraction of sp³-hybridized carbons (Fsp3) is 0.474. The van der Waals surface area contributed by atoms with Crippen molar-refractivity contribution in [2.24, 2.45) is 0 Å². The Morgan fingerprint density at radius 1 is 1.30 bits per heavy atom. The molecule has 1 aliphatic rings. The van der Waals surface area contributed by atoms with Crippen molar-refractivity contribution < 1.29 is 23.9 Å². The number of carbonyl (C=O) groups excluding carboxylic acids is 1. The molecule has 1 fully saturated rings. The summed E-state index contributed by atoms with van der Waals surface area (Å²) in [5.74, 6) is -0.0534. The lowest BCUT2D eigenvalue weighted by Gasteiger charge is -2.25. The van der Waals surface area contributed by atoms with Crippen LogP contribution in [-0.4, -0.2) is 73.2 Å². The lowest BCUT2D eigenvalue weighted by atomic mass is 10.1. The maximum absolute atomic E-state index is 12.9. The van der Waals surface area contributed by atoms with Crippen LogP contribution in [0, 0.1) is 10.1 Å². The van der Waals surface area contributed by atoms with E-state index in [0.717, 1.165) is 43.5 Å². The molecule has 0 aliphatic carbocycles. The molecule has 30 heavy (non-hydrogen) atoms. The molecule has 0 spiro atoms. The van der Waals surface area contributed by atoms with Gasteiger partial charge < -0.3 is 19.1 Å². The normalized spacial score (nSPS) is 14.4. The van der Waals surface area contributed by atoms with Gasteiger partial charge in [-0.1, -0.05) is 0 Å². The Kier molecular flexibility index (Phi) is 7.19. The lowest BCUT2D eigenvalue weighted by Crippen LogP contribution is -2.35. The summed E-state index contributed by atoms with van der Waals surface area (Å²) in [4.78, 5) is 32.1. The minimum absolute atomic E-state index is 0.0658. The zero-order chi connectivity index (χ0) is 21.7. The molecule has 2 heterocycles. The quantitative estimate of drug-likeness (QED) is 0.458. The van der Waals surface area contributed by atoms with Gasteiger partial charge in [-0.15, -0.1) is 11.3 Å². The summed E-state index contributed by atoms with van der Waals surface area (Å²) < 4.78 is 15.7. The predicted molar refractivity (Wildman–Crippen MR) is 110 cm³/mol. The Morgan fingerprint density at radius 2 is 1.97 bits per heavy atom. The molecule has 1 aromatic heterocycles. The van der Waals surface area contributed by atoms with Gasteiger partial charge in [-0.05, 0) is 0 Å². The first-order chi connectivity index (χ1) is 14.4. The van der Waals surface area contributed by atoms with Crippen molar-refractivity contribution in [1.82, 2.24) is 14.8 Å². The number of aromatic nitrogens is 1. The molecule has 1 aliphatic heterocycles. The number of hydrogen-bond donors (Lipinski definition) is 0. The highest BCUT2D eigenvalue weighted by molar-refractivity contribution is 7.09. The number of benzene rings is 1. The largest absolute Gasteiger partial charge is 0.493 e. The molecule has 2 aromatic rings. The highest BCUT2D eigenvalue weighted by atomic mass is 32.1. The van der Waals surface area contributed by atoms with Crippen LogP contribution in [0.15, 0.2) is 17.5 Å². The van der Waals surface area contributed by atoms with E-state index in [-0.39, 0.29) is 29.3 Å². The van der Waals surface area contributed by atoms with Gasteiger partial charge in [0, 0.05) is 31.6 Å². The maximum Gasteiger partial charge on any atom is 0.286 e. The highest BCUT2D eigenvalue weighted by Gasteiger charge is 2.27. The molecule has 1 amide bonds. The fourth-order valence-electron chi connectivity index (χ4n) is 3.16. The van der Waals surface area contributed by atoms with E-state index in [4.69, 9.17) is 14.2 Å². The van der Waals surface area contributed by atoms with E-state index in [9.17, 15) is 14.9 Å². The van der Waals surface area contributed by atoms with Crippen molar-refractivity contribution in [2.75, 3.05) is 47.6 Å². The third-order valence-electron chi connectivity index (χ3n) is 4.74. The number of rotatable bonds is 8. The number of nitro benzene ring substituents is 1. The molecule has 0 saturated carbocycles. The van der Waals surface area contributed by atoms with E-state index in [0.29, 0.717) is 0 Å². The third-order valence-corrected chi connectivity index (χ3v) is 5.62. The van der Waals surface area contributed by atoms with Crippen molar-refractivity contribution in [1.29, 1.82) is 0 Å². The Labute approximate surface area is 178 Å². The molecule has 11 heteroatoms. The first-order valence-corrected chi connectivity index (χ1v) is 10.2. The minimum atomic E-state index is -0.605. The van der Waals surface area contributed by atoms with Crippen molar-refractivity contribution in [3.8, 4) is 11.5 Å². The van der Waals surface area contributed by atoms with Crippen molar-refractivity contribution in [2.45, 2.75) is 13.1 Å². The summed E-state index contributed by atoms with van der Waals surface area (Å²) in [6.45, 7) is 4.17. The predicted octanol–water partition coefficient (Wildman–Crippen LogP) is 2.17. The molecule has 0 N–H and O–H groups in total. The second kappa shape index (κ2) is 9.83. The van der Waals surface area contributed by atoms with Gasteiger partial charge in [0.15, 0.2) is 11.5 Å². The number of hydrogen-bond acceptors (Lipinski definition) is 9. The van der Waals surface area contributed by atoms with Crippen LogP contribution in [0.3, 0.4) is 0 Å². The first-order valence-electron chi connectivity index (χ1n) is 9.32. The van der Waals surface area contributed by atoms with Crippen LogP contribution in [0.1, 0.15) is 21.1 Å². The second-order valence-electron chi connectivity index (χ2n) is 6.76. The van der Waals surface area contributed by atoms with Crippen LogP contribution < -0.4 is 9.47 Å². The lowest BCUT2D eigenvalue weighted by molar-refractivity contribution is -0.385. The standard InChI is InChI=1S/C19H24N4O6S/c1-21(10-13-12-30-18(20-13)11-22-4-6-29-7-5-22)19(24)14-8-16(27-2)17(28-3)9-15(14)23(25)26/h8-9,12H,4-7,10-11H2,1-3H3. The molecule has 162 valence electrons. The van der Waals surface area contributed by atoms with Crippen molar-refractivity contribution in [3.05, 3.63) is 43.9 Å². The van der Waals surface area contributed by atoms with Crippen molar-refractivity contribution >= 4 is 22.9 Å². The summed E-state index contributed by atoms with van der Waals surface area (Å²) in [5, 5.41) is 14.3. The summed E-state index contributed by atoms with van der Waals surface area (Å²) in [6.07, 6.45) is 0. The summed E-state index contributed by atoms with van der Waals surface area (Å²) in [7, 11) is 4.38. The molecule has 10 nitrogen and oxygen atoms in total. The van der Waals surface area contributed by atoms with Gasteiger partial charge in [0.05, 0.1) is 57.2 Å². The Morgan fingerprint density at radius 3 is 2.60 bits per heavy atom. The molecule has 1 aromatic carbocycles. The van der Waals surface area contributed by atoms with Crippen LogP contribution in [0.2, 0.25) is 0 Å². The Balaban J connectivity index is 1.73. The van der Waals surface area contributed by atoms with Crippen LogP contribution >= 0.6 is 11.3 Å². The molecule has 3 rings (SSSR count). The van der Waals surface area contributed by atoms with Gasteiger partial charge in [-0.2, -0.15) is 0 Å². The summed E-state index contributed by atoms with van der Waals surface area (Å²) in [5.41, 5.74) is 0.335. The van der Waals surface area contributed by atoms with Gasteiger partial charge in [0.1, 0.15) is 10.6 Å². The van der Waals surface area contributed by atoms with E-state index >= 15 is 0 Å². The molecule has 0 bridgehead atoms. The Bertz CT molecular complexity index is 912. The topological polar surface area (TPSA) is 107 Å². The molecule has 0 radical (unpaired) electrons. The smallest absolute Gasteiger partial charge is 0.286 e. The van der Waals surface area contributed by atoms with Crippen LogP contribution in [0.5, 0.6) is 11.5 Å². The average molecular weight is 436 g/mol. The van der Waals surface area contributed by atoms with E-state index < -0.39 is 10.8 Å². The van der Waals surface area contributed by atoms with Crippen molar-refractivity contribution in [3.63, 3.8) is 0 Å². The highest BCUT2D eigenvalue weighted by Crippen LogP contribution is 2.35. The van der Waals surface area contributed by atoms with Gasteiger partial charge in [0.2, 0.25) is 0 Å². The number of ether oxygens (including phenoxy) is 3. The number of morpholine rings is 1. The second-order valence-corrected chi connectivity index (χ2v) is 7.71. The molecule has 1 saturated heterocycles. The van der Waals surface area contributed by atoms with E-state index in [2.05, 4.69) is 9.88 Å². The number of carbonyl (C=O) groups is 1. The zero-order valence-electron chi connectivity index (χ0n) is 17.1. The van der Waals surface area contributed by atoms with E-state index in [1.165, 1.54) is 42.6 Å². The number of nitro groups is 1. The number of amides is 1. The van der Waals surface area contributed by atoms with Gasteiger partial charge in [0.25, 0.3) is 11.6 Å². The number of nitrogens with zero attached hydrogens (tertiary/aromatic N) is 4. The Hall–Kier alpha value is -2.76. The monoisotopic (exact) mass is 436 g/mol. The maximum atomic E-state index is 12.9. The third kappa shape index (κ3) is 5.04. The molecule has 0 atom stereocenters. The summed E-state index contributed by atoms with van der Waals surface area (Å²) >= 11 is 1.54. The minimum Gasteiger partial charge on any atom is -0.493 e. The first kappa shape index (κ1) is 21.9. The molecular formula is C19H24N4O6S. The van der Waals surface area contributed by atoms with Crippen LogP contribution in [0.4, 0.5) is 5.69 Å². The van der Waals surface area contributed by atoms with Crippen LogP contribution in [-0.2, 0) is 17.8 Å². The van der Waals surface area contributed by atoms with Gasteiger partial charge in [-0.25, -0.2) is 4.98 Å². The van der Waals surface area contributed by atoms with Crippen LogP contribution in [0.25, 0.3) is 0 Å². The van der Waals surface area contributed by atoms with Gasteiger partial charge >= 0.3 is 0 Å².